The molecule has 1 aromatic carbocycles. The molecule has 6 nitrogen and oxygen atoms in total. The quantitative estimate of drug-likeness (QED) is 0.902. The van der Waals surface area contributed by atoms with E-state index >= 15 is 0 Å². The Labute approximate surface area is 134 Å². The zero-order valence-corrected chi connectivity index (χ0v) is 13.2. The van der Waals surface area contributed by atoms with Gasteiger partial charge >= 0.3 is 5.97 Å². The van der Waals surface area contributed by atoms with Crippen LogP contribution in [0.15, 0.2) is 24.3 Å². The molecule has 0 fully saturated rings. The van der Waals surface area contributed by atoms with Crippen molar-refractivity contribution in [3.63, 3.8) is 0 Å². The summed E-state index contributed by atoms with van der Waals surface area (Å²) in [6, 6.07) is 7.02. The van der Waals surface area contributed by atoms with E-state index in [1.54, 1.807) is 0 Å². The van der Waals surface area contributed by atoms with Crippen LogP contribution in [0.2, 0.25) is 0 Å². The molecule has 0 aliphatic heterocycles. The van der Waals surface area contributed by atoms with Gasteiger partial charge in [0.1, 0.15) is 6.04 Å². The Morgan fingerprint density at radius 2 is 1.96 bits per heavy atom. The van der Waals surface area contributed by atoms with Crippen molar-refractivity contribution in [2.75, 3.05) is 0 Å². The molecule has 1 aromatic heterocycles. The highest BCUT2D eigenvalue weighted by Gasteiger charge is 2.28. The van der Waals surface area contributed by atoms with Crippen molar-refractivity contribution < 1.29 is 14.7 Å². The van der Waals surface area contributed by atoms with Crippen molar-refractivity contribution in [1.82, 2.24) is 15.1 Å². The lowest BCUT2D eigenvalue weighted by molar-refractivity contribution is -0.138. The maximum absolute atomic E-state index is 12.4. The standard InChI is InChI=1S/C17H19N3O3/c1-10-6-8-12(9-7-10)20-14-5-3-4-13(14)15(19-20)16(21)18-11(2)17(22)23/h6-9,11H,3-5H2,1-2H3,(H,18,21)(H,22,23). The number of nitrogens with one attached hydrogen (secondary N) is 1. The number of aromatic nitrogens is 2. The molecule has 23 heavy (non-hydrogen) atoms. The van der Waals surface area contributed by atoms with Gasteiger partial charge in [0.2, 0.25) is 0 Å². The van der Waals surface area contributed by atoms with Gasteiger partial charge in [-0.2, -0.15) is 5.10 Å². The second kappa shape index (κ2) is 5.87. The number of nitrogens with zero attached hydrogens (tertiary/aromatic N) is 2. The van der Waals surface area contributed by atoms with E-state index in [0.717, 1.165) is 41.8 Å². The number of carbonyl (C=O) groups is 2. The van der Waals surface area contributed by atoms with Gasteiger partial charge in [-0.15, -0.1) is 0 Å². The zero-order valence-electron chi connectivity index (χ0n) is 13.2. The highest BCUT2D eigenvalue weighted by molar-refractivity contribution is 5.96. The number of carboxylic acid groups (broad SMARTS) is 1. The first-order valence-electron chi connectivity index (χ1n) is 7.69. The van der Waals surface area contributed by atoms with Gasteiger partial charge in [0.15, 0.2) is 5.69 Å². The maximum atomic E-state index is 12.4. The third-order valence-corrected chi connectivity index (χ3v) is 4.14. The smallest absolute Gasteiger partial charge is 0.325 e. The number of aryl methyl sites for hydroxylation is 1. The summed E-state index contributed by atoms with van der Waals surface area (Å²) < 4.78 is 1.81. The summed E-state index contributed by atoms with van der Waals surface area (Å²) >= 11 is 0. The van der Waals surface area contributed by atoms with Crippen LogP contribution in [0.1, 0.15) is 40.7 Å². The highest BCUT2D eigenvalue weighted by atomic mass is 16.4. The van der Waals surface area contributed by atoms with Crippen LogP contribution < -0.4 is 5.32 Å². The van der Waals surface area contributed by atoms with E-state index < -0.39 is 17.9 Å². The Balaban J connectivity index is 1.97. The summed E-state index contributed by atoms with van der Waals surface area (Å²) in [5, 5.41) is 15.9. The van der Waals surface area contributed by atoms with E-state index in [9.17, 15) is 9.59 Å². The molecule has 1 unspecified atom stereocenters. The van der Waals surface area contributed by atoms with Crippen LogP contribution in [0, 0.1) is 6.92 Å². The lowest BCUT2D eigenvalue weighted by Crippen LogP contribution is -2.38. The van der Waals surface area contributed by atoms with Crippen LogP contribution in [0.4, 0.5) is 0 Å². The molecule has 1 atom stereocenters. The molecule has 2 aromatic rings. The number of hydrogen-bond donors (Lipinski definition) is 2. The molecule has 6 heteroatoms. The van der Waals surface area contributed by atoms with E-state index in [1.165, 1.54) is 6.92 Å². The first kappa shape index (κ1) is 15.3. The molecule has 2 N–H and O–H groups in total. The molecule has 120 valence electrons. The Morgan fingerprint density at radius 3 is 2.61 bits per heavy atom. The summed E-state index contributed by atoms with van der Waals surface area (Å²) in [7, 11) is 0. The predicted octanol–water partition coefficient (Wildman–Crippen LogP) is 1.87. The van der Waals surface area contributed by atoms with Gasteiger partial charge in [-0.3, -0.25) is 9.59 Å². The second-order valence-corrected chi connectivity index (χ2v) is 5.91. The summed E-state index contributed by atoms with van der Waals surface area (Å²) in [4.78, 5) is 23.3. The minimum Gasteiger partial charge on any atom is -0.480 e. The lowest BCUT2D eigenvalue weighted by atomic mass is 10.2. The van der Waals surface area contributed by atoms with Crippen LogP contribution in [0.3, 0.4) is 0 Å². The molecule has 1 aliphatic rings. The largest absolute Gasteiger partial charge is 0.480 e. The first-order chi connectivity index (χ1) is 11.0. The number of amides is 1. The molecule has 0 bridgehead atoms. The molecule has 3 rings (SSSR count). The van der Waals surface area contributed by atoms with Crippen LogP contribution >= 0.6 is 0 Å². The van der Waals surface area contributed by atoms with Crippen molar-refractivity contribution in [2.24, 2.45) is 0 Å². The Kier molecular flexibility index (Phi) is 3.90. The number of carboxylic acids is 1. The predicted molar refractivity (Wildman–Crippen MR) is 84.9 cm³/mol. The van der Waals surface area contributed by atoms with Crippen LogP contribution in [-0.4, -0.2) is 32.8 Å². The Hall–Kier alpha value is -2.63. The van der Waals surface area contributed by atoms with Crippen molar-refractivity contribution in [1.29, 1.82) is 0 Å². The van der Waals surface area contributed by atoms with E-state index in [0.29, 0.717) is 5.69 Å². The van der Waals surface area contributed by atoms with Gasteiger partial charge in [0, 0.05) is 11.3 Å². The van der Waals surface area contributed by atoms with Gasteiger partial charge in [-0.25, -0.2) is 4.68 Å². The van der Waals surface area contributed by atoms with E-state index in [2.05, 4.69) is 10.4 Å². The number of fused-ring (bicyclic) bond motifs is 1. The number of aliphatic carboxylic acids is 1. The number of rotatable bonds is 4. The van der Waals surface area contributed by atoms with E-state index in [4.69, 9.17) is 5.11 Å². The van der Waals surface area contributed by atoms with Crippen LogP contribution in [-0.2, 0) is 17.6 Å². The highest BCUT2D eigenvalue weighted by Crippen LogP contribution is 2.28. The number of benzene rings is 1. The SMILES string of the molecule is Cc1ccc(-n2nc(C(=O)NC(C)C(=O)O)c3c2CCC3)cc1. The Bertz CT molecular complexity index is 762. The third kappa shape index (κ3) is 2.84. The van der Waals surface area contributed by atoms with Crippen molar-refractivity contribution in [3.05, 3.63) is 46.8 Å². The maximum Gasteiger partial charge on any atom is 0.325 e. The summed E-state index contributed by atoms with van der Waals surface area (Å²) in [5.74, 6) is -1.49. The van der Waals surface area contributed by atoms with Gasteiger partial charge in [0.25, 0.3) is 5.91 Å². The van der Waals surface area contributed by atoms with Gasteiger partial charge in [-0.1, -0.05) is 17.7 Å². The first-order valence-corrected chi connectivity index (χ1v) is 7.69. The van der Waals surface area contributed by atoms with E-state index in [1.807, 2.05) is 35.9 Å². The summed E-state index contributed by atoms with van der Waals surface area (Å²) in [5.41, 5.74) is 4.39. The molecule has 1 heterocycles. The van der Waals surface area contributed by atoms with E-state index in [-0.39, 0.29) is 0 Å². The number of carbonyl (C=O) groups excluding carboxylic acids is 1. The molecule has 0 radical (unpaired) electrons. The molecular formula is C17H19N3O3. The molecule has 0 saturated carbocycles. The molecule has 0 spiro atoms. The minimum absolute atomic E-state index is 0.339. The number of hydrogen-bond acceptors (Lipinski definition) is 3. The van der Waals surface area contributed by atoms with Gasteiger partial charge in [-0.05, 0) is 45.2 Å². The Morgan fingerprint density at radius 1 is 1.26 bits per heavy atom. The third-order valence-electron chi connectivity index (χ3n) is 4.14. The monoisotopic (exact) mass is 313 g/mol. The molecular weight excluding hydrogens is 294 g/mol. The lowest BCUT2D eigenvalue weighted by Gasteiger charge is -2.08. The molecule has 0 saturated heterocycles. The fraction of sp³-hybridized carbons (Fsp3) is 0.353. The fourth-order valence-electron chi connectivity index (χ4n) is 2.85. The molecule has 1 aliphatic carbocycles. The normalized spacial score (nSPS) is 14.3. The van der Waals surface area contributed by atoms with Crippen molar-refractivity contribution >= 4 is 11.9 Å². The minimum atomic E-state index is -1.06. The second-order valence-electron chi connectivity index (χ2n) is 5.91. The summed E-state index contributed by atoms with van der Waals surface area (Å²) in [6.07, 6.45) is 2.65. The van der Waals surface area contributed by atoms with Crippen LogP contribution in [0.5, 0.6) is 0 Å². The van der Waals surface area contributed by atoms with Crippen molar-refractivity contribution in [2.45, 2.75) is 39.2 Å². The van der Waals surface area contributed by atoms with Crippen molar-refractivity contribution in [3.8, 4) is 5.69 Å². The summed E-state index contributed by atoms with van der Waals surface area (Å²) in [6.45, 7) is 3.46. The average molecular weight is 313 g/mol. The average Bonchev–Trinajstić information content (AvgIpc) is 3.10. The van der Waals surface area contributed by atoms with Gasteiger partial charge in [0.05, 0.1) is 5.69 Å². The van der Waals surface area contributed by atoms with Gasteiger partial charge < -0.3 is 10.4 Å². The fourth-order valence-corrected chi connectivity index (χ4v) is 2.85. The van der Waals surface area contributed by atoms with Crippen LogP contribution in [0.25, 0.3) is 5.69 Å². The zero-order chi connectivity index (χ0) is 16.6. The molecule has 1 amide bonds. The topological polar surface area (TPSA) is 84.2 Å².